The van der Waals surface area contributed by atoms with Gasteiger partial charge in [-0.25, -0.2) is 0 Å². The van der Waals surface area contributed by atoms with E-state index < -0.39 is 0 Å². The maximum atomic E-state index is 5.75. The Hall–Kier alpha value is -1.50. The summed E-state index contributed by atoms with van der Waals surface area (Å²) in [7, 11) is 0. The highest BCUT2D eigenvalue weighted by atomic mass is 14.5. The third-order valence-corrected chi connectivity index (χ3v) is 2.56. The summed E-state index contributed by atoms with van der Waals surface area (Å²) in [5.41, 5.74) is 7.97. The monoisotopic (exact) mass is 185 g/mol. The Labute approximate surface area is 84.5 Å². The Morgan fingerprint density at radius 3 is 2.57 bits per heavy atom. The summed E-state index contributed by atoms with van der Waals surface area (Å²) in [6.07, 6.45) is 0. The number of nitrogen functional groups attached to an aromatic ring is 1. The fourth-order valence-electron chi connectivity index (χ4n) is 1.83. The maximum Gasteiger partial charge on any atom is 0.0320 e. The fourth-order valence-corrected chi connectivity index (χ4v) is 1.83. The van der Waals surface area contributed by atoms with Crippen molar-refractivity contribution >= 4 is 16.5 Å². The molecule has 14 heavy (non-hydrogen) atoms. The Kier molecular flexibility index (Phi) is 2.16. The third-order valence-electron chi connectivity index (χ3n) is 2.56. The summed E-state index contributed by atoms with van der Waals surface area (Å²) < 4.78 is 0. The SMILES string of the molecule is CC(C)c1cccc2cc(N)ccc12. The molecular weight excluding hydrogens is 170 g/mol. The van der Waals surface area contributed by atoms with Crippen LogP contribution < -0.4 is 5.73 Å². The third kappa shape index (κ3) is 1.46. The molecule has 0 aliphatic carbocycles. The van der Waals surface area contributed by atoms with Crippen LogP contribution in [0.3, 0.4) is 0 Å². The van der Waals surface area contributed by atoms with Crippen LogP contribution in [0.2, 0.25) is 0 Å². The van der Waals surface area contributed by atoms with Crippen molar-refractivity contribution in [2.75, 3.05) is 5.73 Å². The van der Waals surface area contributed by atoms with Crippen LogP contribution in [-0.4, -0.2) is 0 Å². The van der Waals surface area contributed by atoms with Gasteiger partial charge in [0.1, 0.15) is 0 Å². The zero-order valence-corrected chi connectivity index (χ0v) is 8.62. The Morgan fingerprint density at radius 2 is 1.86 bits per heavy atom. The van der Waals surface area contributed by atoms with Crippen LogP contribution in [-0.2, 0) is 0 Å². The van der Waals surface area contributed by atoms with Gasteiger partial charge in [0, 0.05) is 5.69 Å². The van der Waals surface area contributed by atoms with Crippen LogP contribution in [0.4, 0.5) is 5.69 Å². The van der Waals surface area contributed by atoms with E-state index in [0.29, 0.717) is 5.92 Å². The first kappa shape index (κ1) is 9.07. The quantitative estimate of drug-likeness (QED) is 0.675. The van der Waals surface area contributed by atoms with E-state index in [2.05, 4.69) is 38.1 Å². The number of rotatable bonds is 1. The average molecular weight is 185 g/mol. The molecule has 0 aromatic heterocycles. The molecule has 0 fully saturated rings. The minimum Gasteiger partial charge on any atom is -0.399 e. The van der Waals surface area contributed by atoms with Crippen molar-refractivity contribution in [2.45, 2.75) is 19.8 Å². The van der Waals surface area contributed by atoms with Crippen LogP contribution in [0.25, 0.3) is 10.8 Å². The predicted molar refractivity (Wildman–Crippen MR) is 62.4 cm³/mol. The minimum absolute atomic E-state index is 0.558. The second-order valence-electron chi connectivity index (χ2n) is 3.98. The fraction of sp³-hybridized carbons (Fsp3) is 0.231. The Bertz CT molecular complexity index is 458. The van der Waals surface area contributed by atoms with Crippen molar-refractivity contribution in [3.05, 3.63) is 42.0 Å². The summed E-state index contributed by atoms with van der Waals surface area (Å²) in [4.78, 5) is 0. The zero-order chi connectivity index (χ0) is 10.1. The highest BCUT2D eigenvalue weighted by Crippen LogP contribution is 2.26. The van der Waals surface area contributed by atoms with Crippen LogP contribution in [0, 0.1) is 0 Å². The molecule has 2 rings (SSSR count). The van der Waals surface area contributed by atoms with Crippen molar-refractivity contribution in [3.63, 3.8) is 0 Å². The summed E-state index contributed by atoms with van der Waals surface area (Å²) in [5.74, 6) is 0.558. The normalized spacial score (nSPS) is 11.1. The molecule has 0 unspecified atom stereocenters. The van der Waals surface area contributed by atoms with E-state index in [9.17, 15) is 0 Å². The van der Waals surface area contributed by atoms with Gasteiger partial charge < -0.3 is 5.73 Å². The van der Waals surface area contributed by atoms with E-state index in [1.165, 1.54) is 16.3 Å². The summed E-state index contributed by atoms with van der Waals surface area (Å²) in [6, 6.07) is 12.5. The van der Waals surface area contributed by atoms with E-state index >= 15 is 0 Å². The van der Waals surface area contributed by atoms with Gasteiger partial charge in [-0.15, -0.1) is 0 Å². The smallest absolute Gasteiger partial charge is 0.0320 e. The molecule has 0 heterocycles. The molecule has 0 saturated carbocycles. The van der Waals surface area contributed by atoms with Crippen molar-refractivity contribution in [1.29, 1.82) is 0 Å². The Balaban J connectivity index is 2.75. The van der Waals surface area contributed by atoms with Gasteiger partial charge in [0.25, 0.3) is 0 Å². The highest BCUT2D eigenvalue weighted by molar-refractivity contribution is 5.88. The van der Waals surface area contributed by atoms with Crippen molar-refractivity contribution in [3.8, 4) is 0 Å². The van der Waals surface area contributed by atoms with E-state index in [1.54, 1.807) is 0 Å². The lowest BCUT2D eigenvalue weighted by atomic mass is 9.96. The number of fused-ring (bicyclic) bond motifs is 1. The van der Waals surface area contributed by atoms with E-state index in [-0.39, 0.29) is 0 Å². The molecule has 2 aromatic rings. The topological polar surface area (TPSA) is 26.0 Å². The van der Waals surface area contributed by atoms with Gasteiger partial charge in [-0.2, -0.15) is 0 Å². The second kappa shape index (κ2) is 3.33. The molecule has 0 saturated heterocycles. The Morgan fingerprint density at radius 1 is 1.07 bits per heavy atom. The molecule has 1 heteroatoms. The molecule has 2 N–H and O–H groups in total. The van der Waals surface area contributed by atoms with Gasteiger partial charge in [0.15, 0.2) is 0 Å². The number of hydrogen-bond donors (Lipinski definition) is 1. The molecule has 0 atom stereocenters. The lowest BCUT2D eigenvalue weighted by Gasteiger charge is -2.09. The molecule has 0 aliphatic heterocycles. The number of hydrogen-bond acceptors (Lipinski definition) is 1. The number of benzene rings is 2. The van der Waals surface area contributed by atoms with Crippen LogP contribution in [0.5, 0.6) is 0 Å². The van der Waals surface area contributed by atoms with Gasteiger partial charge in [0.05, 0.1) is 0 Å². The van der Waals surface area contributed by atoms with Crippen molar-refractivity contribution in [2.24, 2.45) is 0 Å². The maximum absolute atomic E-state index is 5.75. The molecule has 1 nitrogen and oxygen atoms in total. The average Bonchev–Trinajstić information content (AvgIpc) is 2.16. The van der Waals surface area contributed by atoms with Crippen molar-refractivity contribution < 1.29 is 0 Å². The van der Waals surface area contributed by atoms with Gasteiger partial charge in [-0.05, 0) is 34.4 Å². The predicted octanol–water partition coefficient (Wildman–Crippen LogP) is 3.55. The minimum atomic E-state index is 0.558. The van der Waals surface area contributed by atoms with Crippen LogP contribution >= 0.6 is 0 Å². The van der Waals surface area contributed by atoms with E-state index in [4.69, 9.17) is 5.73 Å². The molecule has 0 aliphatic rings. The standard InChI is InChI=1S/C13H15N/c1-9(2)12-5-3-4-10-8-11(14)6-7-13(10)12/h3-9H,14H2,1-2H3. The van der Waals surface area contributed by atoms with Gasteiger partial charge in [0.2, 0.25) is 0 Å². The lowest BCUT2D eigenvalue weighted by molar-refractivity contribution is 0.876. The zero-order valence-electron chi connectivity index (χ0n) is 8.62. The van der Waals surface area contributed by atoms with E-state index in [1.807, 2.05) is 12.1 Å². The molecular formula is C13H15N. The van der Waals surface area contributed by atoms with Crippen LogP contribution in [0.15, 0.2) is 36.4 Å². The molecule has 72 valence electrons. The first-order chi connectivity index (χ1) is 6.68. The molecule has 0 amide bonds. The van der Waals surface area contributed by atoms with Gasteiger partial charge in [-0.1, -0.05) is 38.1 Å². The second-order valence-corrected chi connectivity index (χ2v) is 3.98. The first-order valence-corrected chi connectivity index (χ1v) is 4.96. The molecule has 0 bridgehead atoms. The first-order valence-electron chi connectivity index (χ1n) is 4.96. The number of anilines is 1. The highest BCUT2D eigenvalue weighted by Gasteiger charge is 2.03. The van der Waals surface area contributed by atoms with Gasteiger partial charge in [-0.3, -0.25) is 0 Å². The molecule has 0 radical (unpaired) electrons. The van der Waals surface area contributed by atoms with E-state index in [0.717, 1.165) is 5.69 Å². The van der Waals surface area contributed by atoms with Crippen molar-refractivity contribution in [1.82, 2.24) is 0 Å². The molecule has 2 aromatic carbocycles. The summed E-state index contributed by atoms with van der Waals surface area (Å²) in [6.45, 7) is 4.43. The summed E-state index contributed by atoms with van der Waals surface area (Å²) >= 11 is 0. The summed E-state index contributed by atoms with van der Waals surface area (Å²) in [5, 5.41) is 2.55. The van der Waals surface area contributed by atoms with Gasteiger partial charge >= 0.3 is 0 Å². The lowest BCUT2D eigenvalue weighted by Crippen LogP contribution is -1.90. The van der Waals surface area contributed by atoms with Crippen LogP contribution in [0.1, 0.15) is 25.3 Å². The largest absolute Gasteiger partial charge is 0.399 e. The number of nitrogens with two attached hydrogens (primary N) is 1. The molecule has 0 spiro atoms.